The van der Waals surface area contributed by atoms with Gasteiger partial charge in [0.25, 0.3) is 0 Å². The van der Waals surface area contributed by atoms with Crippen LogP contribution in [-0.4, -0.2) is 40.0 Å². The molecule has 108 valence electrons. The van der Waals surface area contributed by atoms with Crippen molar-refractivity contribution in [2.24, 2.45) is 0 Å². The van der Waals surface area contributed by atoms with Gasteiger partial charge in [0.15, 0.2) is 17.2 Å². The van der Waals surface area contributed by atoms with E-state index in [1.807, 2.05) is 0 Å². The van der Waals surface area contributed by atoms with Crippen LogP contribution in [0.15, 0.2) is 22.9 Å². The van der Waals surface area contributed by atoms with Gasteiger partial charge >= 0.3 is 5.97 Å². The second-order valence-corrected chi connectivity index (χ2v) is 5.09. The first-order valence-electron chi connectivity index (χ1n) is 5.98. The SMILES string of the molecule is O=C(c1cc2c(cc1Br)OCCO2)c1nc[nH]c1C(=O)O. The lowest BCUT2D eigenvalue weighted by Crippen LogP contribution is -2.16. The molecule has 0 aliphatic carbocycles. The number of ketones is 1. The highest BCUT2D eigenvalue weighted by molar-refractivity contribution is 9.10. The van der Waals surface area contributed by atoms with E-state index >= 15 is 0 Å². The van der Waals surface area contributed by atoms with E-state index in [-0.39, 0.29) is 17.0 Å². The molecule has 0 radical (unpaired) electrons. The first-order chi connectivity index (χ1) is 10.1. The fourth-order valence-electron chi connectivity index (χ4n) is 2.00. The number of fused-ring (bicyclic) bond motifs is 1. The van der Waals surface area contributed by atoms with Crippen molar-refractivity contribution in [3.63, 3.8) is 0 Å². The molecular weight excluding hydrogens is 344 g/mol. The summed E-state index contributed by atoms with van der Waals surface area (Å²) in [4.78, 5) is 29.7. The molecule has 2 aromatic rings. The molecule has 0 saturated heterocycles. The zero-order valence-corrected chi connectivity index (χ0v) is 12.1. The largest absolute Gasteiger partial charge is 0.486 e. The summed E-state index contributed by atoms with van der Waals surface area (Å²) < 4.78 is 11.3. The number of aromatic nitrogens is 2. The highest BCUT2D eigenvalue weighted by Gasteiger charge is 2.25. The molecule has 0 bridgehead atoms. The predicted molar refractivity (Wildman–Crippen MR) is 74.1 cm³/mol. The van der Waals surface area contributed by atoms with Gasteiger partial charge in [-0.25, -0.2) is 9.78 Å². The molecule has 0 spiro atoms. The van der Waals surface area contributed by atoms with Crippen molar-refractivity contribution in [2.75, 3.05) is 13.2 Å². The van der Waals surface area contributed by atoms with Gasteiger partial charge in [-0.2, -0.15) is 0 Å². The molecule has 21 heavy (non-hydrogen) atoms. The molecule has 0 atom stereocenters. The summed E-state index contributed by atoms with van der Waals surface area (Å²) in [6.07, 6.45) is 1.17. The second kappa shape index (κ2) is 5.21. The smallest absolute Gasteiger partial charge is 0.354 e. The maximum atomic E-state index is 12.5. The lowest BCUT2D eigenvalue weighted by Gasteiger charge is -2.19. The number of carboxylic acid groups (broad SMARTS) is 1. The number of carbonyl (C=O) groups is 2. The zero-order valence-electron chi connectivity index (χ0n) is 10.6. The molecule has 0 fully saturated rings. The lowest BCUT2D eigenvalue weighted by atomic mass is 10.1. The number of hydrogen-bond donors (Lipinski definition) is 2. The van der Waals surface area contributed by atoms with Crippen LogP contribution in [-0.2, 0) is 0 Å². The van der Waals surface area contributed by atoms with Crippen LogP contribution in [0.4, 0.5) is 0 Å². The Bertz CT molecular complexity index is 740. The third-order valence-corrected chi connectivity index (χ3v) is 3.60. The molecular formula is C13H9BrN2O5. The molecule has 8 heteroatoms. The molecule has 3 rings (SSSR count). The van der Waals surface area contributed by atoms with Crippen LogP contribution in [0.3, 0.4) is 0 Å². The zero-order chi connectivity index (χ0) is 15.0. The van der Waals surface area contributed by atoms with E-state index in [0.29, 0.717) is 29.2 Å². The number of nitrogens with one attached hydrogen (secondary N) is 1. The Morgan fingerprint density at radius 1 is 1.24 bits per heavy atom. The van der Waals surface area contributed by atoms with Gasteiger partial charge in [-0.05, 0) is 28.1 Å². The molecule has 0 saturated carbocycles. The number of aromatic carboxylic acids is 1. The number of halogens is 1. The lowest BCUT2D eigenvalue weighted by molar-refractivity contribution is 0.0687. The average Bonchev–Trinajstić information content (AvgIpc) is 2.95. The van der Waals surface area contributed by atoms with Gasteiger partial charge < -0.3 is 19.6 Å². The Morgan fingerprint density at radius 2 is 1.90 bits per heavy atom. The van der Waals surface area contributed by atoms with Crippen LogP contribution in [0, 0.1) is 0 Å². The molecule has 1 aromatic heterocycles. The highest BCUT2D eigenvalue weighted by Crippen LogP contribution is 2.36. The topological polar surface area (TPSA) is 102 Å². The molecule has 1 aromatic carbocycles. The van der Waals surface area contributed by atoms with Gasteiger partial charge in [0.05, 0.1) is 6.33 Å². The van der Waals surface area contributed by atoms with E-state index in [1.165, 1.54) is 12.4 Å². The Labute approximate surface area is 127 Å². The van der Waals surface area contributed by atoms with Gasteiger partial charge in [0.2, 0.25) is 5.78 Å². The molecule has 0 unspecified atom stereocenters. The molecule has 7 nitrogen and oxygen atoms in total. The minimum absolute atomic E-state index is 0.153. The predicted octanol–water partition coefficient (Wildman–Crippen LogP) is 1.87. The van der Waals surface area contributed by atoms with Crippen molar-refractivity contribution in [2.45, 2.75) is 0 Å². The molecule has 1 aliphatic heterocycles. The quantitative estimate of drug-likeness (QED) is 0.817. The molecule has 0 amide bonds. The van der Waals surface area contributed by atoms with Crippen molar-refractivity contribution in [1.29, 1.82) is 0 Å². The number of nitrogens with zero attached hydrogens (tertiary/aromatic N) is 1. The third kappa shape index (κ3) is 2.38. The van der Waals surface area contributed by atoms with Crippen LogP contribution in [0.25, 0.3) is 0 Å². The Morgan fingerprint density at radius 3 is 2.57 bits per heavy atom. The number of aromatic amines is 1. The number of benzene rings is 1. The van der Waals surface area contributed by atoms with Gasteiger partial charge in [-0.15, -0.1) is 0 Å². The minimum Gasteiger partial charge on any atom is -0.486 e. The average molecular weight is 353 g/mol. The summed E-state index contributed by atoms with van der Waals surface area (Å²) in [5.41, 5.74) is -0.143. The normalized spacial score (nSPS) is 13.0. The van der Waals surface area contributed by atoms with Gasteiger partial charge in [0, 0.05) is 10.0 Å². The number of H-pyrrole nitrogens is 1. The van der Waals surface area contributed by atoms with Gasteiger partial charge in [-0.3, -0.25) is 4.79 Å². The second-order valence-electron chi connectivity index (χ2n) is 4.24. The summed E-state index contributed by atoms with van der Waals surface area (Å²) in [6, 6.07) is 3.13. The first-order valence-corrected chi connectivity index (χ1v) is 6.77. The summed E-state index contributed by atoms with van der Waals surface area (Å²) in [5.74, 6) is -0.785. The number of rotatable bonds is 3. The standard InChI is InChI=1S/C13H9BrN2O5/c14-7-4-9-8(20-1-2-21-9)3-6(7)12(17)10-11(13(18)19)16-5-15-10/h3-5H,1-2H2,(H,15,16)(H,18,19). The van der Waals surface area contributed by atoms with Gasteiger partial charge in [0.1, 0.15) is 18.9 Å². The number of imidazole rings is 1. The van der Waals surface area contributed by atoms with Crippen molar-refractivity contribution in [3.05, 3.63) is 39.9 Å². The van der Waals surface area contributed by atoms with Crippen LogP contribution < -0.4 is 9.47 Å². The third-order valence-electron chi connectivity index (χ3n) is 2.94. The minimum atomic E-state index is -1.25. The molecule has 2 heterocycles. The van der Waals surface area contributed by atoms with Gasteiger partial charge in [-0.1, -0.05) is 0 Å². The van der Waals surface area contributed by atoms with E-state index < -0.39 is 11.8 Å². The number of ether oxygens (including phenoxy) is 2. The summed E-state index contributed by atoms with van der Waals surface area (Å²) in [7, 11) is 0. The van der Waals surface area contributed by atoms with Crippen LogP contribution in [0.5, 0.6) is 11.5 Å². The number of hydrogen-bond acceptors (Lipinski definition) is 5. The maximum absolute atomic E-state index is 12.5. The van der Waals surface area contributed by atoms with E-state index in [9.17, 15) is 9.59 Å². The van der Waals surface area contributed by atoms with Crippen LogP contribution in [0.1, 0.15) is 26.5 Å². The Balaban J connectivity index is 2.05. The fraction of sp³-hybridized carbons (Fsp3) is 0.154. The highest BCUT2D eigenvalue weighted by atomic mass is 79.9. The van der Waals surface area contributed by atoms with E-state index in [0.717, 1.165) is 0 Å². The Hall–Kier alpha value is -2.35. The number of carboxylic acids is 1. The van der Waals surface area contributed by atoms with Crippen LogP contribution >= 0.6 is 15.9 Å². The summed E-state index contributed by atoms with van der Waals surface area (Å²) in [6.45, 7) is 0.834. The number of carbonyl (C=O) groups excluding carboxylic acids is 1. The summed E-state index contributed by atoms with van der Waals surface area (Å²) >= 11 is 3.28. The Kier molecular flexibility index (Phi) is 3.38. The van der Waals surface area contributed by atoms with Crippen molar-refractivity contribution in [3.8, 4) is 11.5 Å². The van der Waals surface area contributed by atoms with Crippen molar-refractivity contribution in [1.82, 2.24) is 9.97 Å². The van der Waals surface area contributed by atoms with E-state index in [1.54, 1.807) is 6.07 Å². The fourth-order valence-corrected chi connectivity index (χ4v) is 2.50. The van der Waals surface area contributed by atoms with Crippen molar-refractivity contribution < 1.29 is 24.2 Å². The van der Waals surface area contributed by atoms with Crippen molar-refractivity contribution >= 4 is 27.7 Å². The molecule has 1 aliphatic rings. The first kappa shape index (κ1) is 13.6. The van der Waals surface area contributed by atoms with E-state index in [4.69, 9.17) is 14.6 Å². The van der Waals surface area contributed by atoms with E-state index in [2.05, 4.69) is 25.9 Å². The monoisotopic (exact) mass is 352 g/mol. The maximum Gasteiger partial charge on any atom is 0.354 e. The summed E-state index contributed by atoms with van der Waals surface area (Å²) in [5, 5.41) is 9.03. The molecule has 2 N–H and O–H groups in total. The van der Waals surface area contributed by atoms with Crippen LogP contribution in [0.2, 0.25) is 0 Å².